The summed E-state index contributed by atoms with van der Waals surface area (Å²) in [5.74, 6) is 1.12. The summed E-state index contributed by atoms with van der Waals surface area (Å²) in [6, 6.07) is 0. The van der Waals surface area contributed by atoms with Gasteiger partial charge < -0.3 is 4.74 Å². The number of rotatable bonds is 6. The highest BCUT2D eigenvalue weighted by atomic mass is 16.5. The standard InChI is InChI=1S/C12H22O/c1-3-4-5-6-7-8-12-10-9-11(2)13-12/h9,12H,3-8,10H2,1-2H3. The lowest BCUT2D eigenvalue weighted by Gasteiger charge is -2.11. The Morgan fingerprint density at radius 2 is 2.08 bits per heavy atom. The van der Waals surface area contributed by atoms with E-state index in [1.165, 1.54) is 38.5 Å². The van der Waals surface area contributed by atoms with Crippen molar-refractivity contribution in [3.05, 3.63) is 11.8 Å². The Bertz CT molecular complexity index is 161. The van der Waals surface area contributed by atoms with Crippen molar-refractivity contribution in [2.24, 2.45) is 0 Å². The van der Waals surface area contributed by atoms with E-state index in [0.29, 0.717) is 6.10 Å². The number of ether oxygens (including phenoxy) is 1. The minimum Gasteiger partial charge on any atom is -0.495 e. The molecule has 1 heteroatoms. The third-order valence-electron chi connectivity index (χ3n) is 2.65. The molecule has 1 heterocycles. The van der Waals surface area contributed by atoms with E-state index < -0.39 is 0 Å². The van der Waals surface area contributed by atoms with Crippen molar-refractivity contribution in [3.63, 3.8) is 0 Å². The van der Waals surface area contributed by atoms with Gasteiger partial charge in [-0.3, -0.25) is 0 Å². The molecule has 1 atom stereocenters. The molecule has 0 bridgehead atoms. The summed E-state index contributed by atoms with van der Waals surface area (Å²) in [7, 11) is 0. The van der Waals surface area contributed by atoms with Crippen molar-refractivity contribution in [2.45, 2.75) is 64.9 Å². The first-order valence-corrected chi connectivity index (χ1v) is 5.66. The van der Waals surface area contributed by atoms with Crippen LogP contribution in [0.4, 0.5) is 0 Å². The van der Waals surface area contributed by atoms with Crippen LogP contribution in [0.15, 0.2) is 11.8 Å². The zero-order chi connectivity index (χ0) is 9.52. The fourth-order valence-corrected chi connectivity index (χ4v) is 1.81. The number of allylic oxidation sites excluding steroid dienone is 1. The lowest BCUT2D eigenvalue weighted by atomic mass is 10.1. The Balaban J connectivity index is 1.90. The Hall–Kier alpha value is -0.460. The second-order valence-corrected chi connectivity index (χ2v) is 3.99. The molecule has 0 N–H and O–H groups in total. The highest BCUT2D eigenvalue weighted by Crippen LogP contribution is 2.21. The molecule has 0 fully saturated rings. The van der Waals surface area contributed by atoms with Crippen molar-refractivity contribution in [1.82, 2.24) is 0 Å². The first-order valence-electron chi connectivity index (χ1n) is 5.66. The van der Waals surface area contributed by atoms with Gasteiger partial charge in [-0.25, -0.2) is 0 Å². The predicted molar refractivity (Wildman–Crippen MR) is 56.6 cm³/mol. The Kier molecular flexibility index (Phi) is 4.95. The molecule has 0 amide bonds. The van der Waals surface area contributed by atoms with Gasteiger partial charge >= 0.3 is 0 Å². The monoisotopic (exact) mass is 182 g/mol. The summed E-state index contributed by atoms with van der Waals surface area (Å²) < 4.78 is 5.63. The molecule has 0 aliphatic carbocycles. The first-order chi connectivity index (χ1) is 6.33. The molecule has 0 aromatic carbocycles. The predicted octanol–water partition coefficient (Wildman–Crippen LogP) is 4.04. The van der Waals surface area contributed by atoms with E-state index in [0.717, 1.165) is 12.2 Å². The van der Waals surface area contributed by atoms with Crippen molar-refractivity contribution < 1.29 is 4.74 Å². The highest BCUT2D eigenvalue weighted by Gasteiger charge is 2.13. The highest BCUT2D eigenvalue weighted by molar-refractivity contribution is 4.97. The average molecular weight is 182 g/mol. The van der Waals surface area contributed by atoms with Gasteiger partial charge in [-0.15, -0.1) is 0 Å². The fourth-order valence-electron chi connectivity index (χ4n) is 1.81. The van der Waals surface area contributed by atoms with Gasteiger partial charge in [-0.05, 0) is 25.8 Å². The molecule has 1 aliphatic rings. The molecule has 0 saturated heterocycles. The summed E-state index contributed by atoms with van der Waals surface area (Å²) in [4.78, 5) is 0. The van der Waals surface area contributed by atoms with E-state index in [4.69, 9.17) is 4.74 Å². The van der Waals surface area contributed by atoms with Crippen molar-refractivity contribution in [1.29, 1.82) is 0 Å². The van der Waals surface area contributed by atoms with Crippen LogP contribution in [0.1, 0.15) is 58.8 Å². The number of unbranched alkanes of at least 4 members (excludes halogenated alkanes) is 4. The lowest BCUT2D eigenvalue weighted by molar-refractivity contribution is 0.133. The molecule has 0 spiro atoms. The SMILES string of the molecule is CCCCCCCC1CC=C(C)O1. The third-order valence-corrected chi connectivity index (χ3v) is 2.65. The molecular weight excluding hydrogens is 160 g/mol. The van der Waals surface area contributed by atoms with Gasteiger partial charge in [0.25, 0.3) is 0 Å². The molecular formula is C12H22O. The number of hydrogen-bond donors (Lipinski definition) is 0. The summed E-state index contributed by atoms with van der Waals surface area (Å²) >= 11 is 0. The molecule has 0 aromatic heterocycles. The van der Waals surface area contributed by atoms with Crippen LogP contribution >= 0.6 is 0 Å². The van der Waals surface area contributed by atoms with Crippen molar-refractivity contribution in [3.8, 4) is 0 Å². The molecule has 0 saturated carbocycles. The van der Waals surface area contributed by atoms with E-state index in [9.17, 15) is 0 Å². The Morgan fingerprint density at radius 3 is 2.69 bits per heavy atom. The summed E-state index contributed by atoms with van der Waals surface area (Å²) in [6.07, 6.45) is 11.9. The summed E-state index contributed by atoms with van der Waals surface area (Å²) in [5, 5.41) is 0. The minimum atomic E-state index is 0.502. The van der Waals surface area contributed by atoms with Gasteiger partial charge in [0.05, 0.1) is 5.76 Å². The van der Waals surface area contributed by atoms with E-state index in [-0.39, 0.29) is 0 Å². The summed E-state index contributed by atoms with van der Waals surface area (Å²) in [5.41, 5.74) is 0. The Labute approximate surface area is 82.2 Å². The lowest BCUT2D eigenvalue weighted by Crippen LogP contribution is -2.04. The Morgan fingerprint density at radius 1 is 1.31 bits per heavy atom. The smallest absolute Gasteiger partial charge is 0.102 e. The zero-order valence-corrected chi connectivity index (χ0v) is 9.01. The van der Waals surface area contributed by atoms with Crippen LogP contribution in [-0.2, 0) is 4.74 Å². The maximum atomic E-state index is 5.63. The van der Waals surface area contributed by atoms with Gasteiger partial charge in [0, 0.05) is 6.42 Å². The zero-order valence-electron chi connectivity index (χ0n) is 9.01. The molecule has 1 aliphatic heterocycles. The maximum Gasteiger partial charge on any atom is 0.102 e. The molecule has 76 valence electrons. The molecule has 0 radical (unpaired) electrons. The first kappa shape index (κ1) is 10.6. The molecule has 13 heavy (non-hydrogen) atoms. The van der Waals surface area contributed by atoms with Crippen molar-refractivity contribution >= 4 is 0 Å². The largest absolute Gasteiger partial charge is 0.495 e. The maximum absolute atomic E-state index is 5.63. The summed E-state index contributed by atoms with van der Waals surface area (Å²) in [6.45, 7) is 4.31. The average Bonchev–Trinajstić information content (AvgIpc) is 2.51. The van der Waals surface area contributed by atoms with Gasteiger partial charge in [-0.1, -0.05) is 32.6 Å². The van der Waals surface area contributed by atoms with Crippen LogP contribution in [0.25, 0.3) is 0 Å². The van der Waals surface area contributed by atoms with Crippen LogP contribution in [0, 0.1) is 0 Å². The van der Waals surface area contributed by atoms with Crippen LogP contribution in [-0.4, -0.2) is 6.10 Å². The second-order valence-electron chi connectivity index (χ2n) is 3.99. The molecule has 1 nitrogen and oxygen atoms in total. The minimum absolute atomic E-state index is 0.502. The van der Waals surface area contributed by atoms with Crippen LogP contribution in [0.2, 0.25) is 0 Å². The topological polar surface area (TPSA) is 9.23 Å². The molecule has 1 rings (SSSR count). The van der Waals surface area contributed by atoms with E-state index >= 15 is 0 Å². The van der Waals surface area contributed by atoms with Gasteiger partial charge in [0.15, 0.2) is 0 Å². The van der Waals surface area contributed by atoms with Crippen LogP contribution in [0.5, 0.6) is 0 Å². The quantitative estimate of drug-likeness (QED) is 0.563. The molecule has 1 unspecified atom stereocenters. The van der Waals surface area contributed by atoms with Gasteiger partial charge in [0.2, 0.25) is 0 Å². The van der Waals surface area contributed by atoms with E-state index in [1.54, 1.807) is 0 Å². The van der Waals surface area contributed by atoms with E-state index in [2.05, 4.69) is 19.9 Å². The normalized spacial score (nSPS) is 21.4. The van der Waals surface area contributed by atoms with Crippen LogP contribution in [0.3, 0.4) is 0 Å². The second kappa shape index (κ2) is 6.06. The van der Waals surface area contributed by atoms with Gasteiger partial charge in [0.1, 0.15) is 6.10 Å². The fraction of sp³-hybridized carbons (Fsp3) is 0.833. The molecule has 0 aromatic rings. The van der Waals surface area contributed by atoms with Crippen molar-refractivity contribution in [2.75, 3.05) is 0 Å². The number of hydrogen-bond acceptors (Lipinski definition) is 1. The van der Waals surface area contributed by atoms with Gasteiger partial charge in [-0.2, -0.15) is 0 Å². The third kappa shape index (κ3) is 4.35. The van der Waals surface area contributed by atoms with E-state index in [1.807, 2.05) is 0 Å². The van der Waals surface area contributed by atoms with Crippen LogP contribution < -0.4 is 0 Å².